The lowest BCUT2D eigenvalue weighted by atomic mass is 9.80. The summed E-state index contributed by atoms with van der Waals surface area (Å²) in [6, 6.07) is 7.89. The summed E-state index contributed by atoms with van der Waals surface area (Å²) < 4.78 is 6.33. The number of ether oxygens (including phenoxy) is 1. The second-order valence-electron chi connectivity index (χ2n) is 8.94. The summed E-state index contributed by atoms with van der Waals surface area (Å²) in [6.45, 7) is 6.32. The molecule has 158 valence electrons. The first-order valence-electron chi connectivity index (χ1n) is 11.1. The normalized spacial score (nSPS) is 29.1. The molecule has 4 rings (SSSR count). The van der Waals surface area contributed by atoms with E-state index in [0.717, 1.165) is 43.5 Å². The Morgan fingerprint density at radius 2 is 2.00 bits per heavy atom. The molecule has 1 aromatic rings. The predicted octanol–water partition coefficient (Wildman–Crippen LogP) is 3.57. The van der Waals surface area contributed by atoms with E-state index in [2.05, 4.69) is 24.5 Å². The number of carbonyl (C=O) groups is 2. The Morgan fingerprint density at radius 3 is 2.72 bits per heavy atom. The predicted molar refractivity (Wildman–Crippen MR) is 113 cm³/mol. The molecule has 3 aliphatic rings. The van der Waals surface area contributed by atoms with Crippen molar-refractivity contribution in [1.82, 2.24) is 10.2 Å². The van der Waals surface area contributed by atoms with Gasteiger partial charge in [0.15, 0.2) is 0 Å². The molecule has 0 bridgehead atoms. The van der Waals surface area contributed by atoms with Crippen LogP contribution in [0.2, 0.25) is 0 Å². The number of aryl methyl sites for hydroxylation is 1. The van der Waals surface area contributed by atoms with Gasteiger partial charge in [0, 0.05) is 31.2 Å². The summed E-state index contributed by atoms with van der Waals surface area (Å²) in [5.74, 6) is 0.912. The van der Waals surface area contributed by atoms with E-state index >= 15 is 0 Å². The molecule has 2 saturated heterocycles. The van der Waals surface area contributed by atoms with Crippen LogP contribution in [-0.4, -0.2) is 48.2 Å². The minimum Gasteiger partial charge on any atom is -0.362 e. The first kappa shape index (κ1) is 20.2. The first-order valence-corrected chi connectivity index (χ1v) is 11.1. The van der Waals surface area contributed by atoms with Gasteiger partial charge in [-0.25, -0.2) is 4.79 Å². The highest BCUT2D eigenvalue weighted by molar-refractivity contribution is 5.90. The number of benzene rings is 1. The van der Waals surface area contributed by atoms with Crippen molar-refractivity contribution in [2.75, 3.05) is 25.0 Å². The van der Waals surface area contributed by atoms with Crippen LogP contribution < -0.4 is 10.6 Å². The van der Waals surface area contributed by atoms with Crippen molar-refractivity contribution in [2.24, 2.45) is 11.8 Å². The van der Waals surface area contributed by atoms with Gasteiger partial charge < -0.3 is 20.3 Å². The molecule has 29 heavy (non-hydrogen) atoms. The SMILES string of the molecule is CCc1ccccc1NC(=O)N1CC[C@]2(CC[C@H](C(=O)NCC3CC3)O2)[C@H](C)C1. The van der Waals surface area contributed by atoms with Crippen LogP contribution in [0.1, 0.15) is 51.5 Å². The van der Waals surface area contributed by atoms with Crippen molar-refractivity contribution >= 4 is 17.6 Å². The lowest BCUT2D eigenvalue weighted by Crippen LogP contribution is -2.54. The zero-order valence-electron chi connectivity index (χ0n) is 17.6. The Kier molecular flexibility index (Phi) is 5.81. The molecule has 2 aliphatic heterocycles. The Morgan fingerprint density at radius 1 is 1.21 bits per heavy atom. The molecule has 6 heteroatoms. The second-order valence-corrected chi connectivity index (χ2v) is 8.94. The molecule has 0 aromatic heterocycles. The maximum absolute atomic E-state index is 12.8. The van der Waals surface area contributed by atoms with Gasteiger partial charge in [0.05, 0.1) is 5.60 Å². The van der Waals surface area contributed by atoms with Crippen molar-refractivity contribution in [3.63, 3.8) is 0 Å². The van der Waals surface area contributed by atoms with Gasteiger partial charge in [0.25, 0.3) is 0 Å². The molecule has 2 N–H and O–H groups in total. The van der Waals surface area contributed by atoms with Gasteiger partial charge >= 0.3 is 6.03 Å². The van der Waals surface area contributed by atoms with E-state index in [-0.39, 0.29) is 29.6 Å². The number of para-hydroxylation sites is 1. The van der Waals surface area contributed by atoms with Crippen LogP contribution in [0.5, 0.6) is 0 Å². The highest BCUT2D eigenvalue weighted by atomic mass is 16.5. The van der Waals surface area contributed by atoms with Crippen LogP contribution in [0, 0.1) is 11.8 Å². The van der Waals surface area contributed by atoms with Crippen LogP contribution in [0.25, 0.3) is 0 Å². The minimum atomic E-state index is -0.340. The van der Waals surface area contributed by atoms with Gasteiger partial charge in [-0.1, -0.05) is 32.0 Å². The number of hydrogen-bond donors (Lipinski definition) is 2. The summed E-state index contributed by atoms with van der Waals surface area (Å²) in [7, 11) is 0. The number of likely N-dealkylation sites (tertiary alicyclic amines) is 1. The maximum Gasteiger partial charge on any atom is 0.321 e. The smallest absolute Gasteiger partial charge is 0.321 e. The average Bonchev–Trinajstić information content (AvgIpc) is 3.46. The maximum atomic E-state index is 12.8. The number of anilines is 1. The molecule has 1 aliphatic carbocycles. The van der Waals surface area contributed by atoms with Gasteiger partial charge in [-0.2, -0.15) is 0 Å². The molecule has 3 atom stereocenters. The van der Waals surface area contributed by atoms with Crippen molar-refractivity contribution in [3.8, 4) is 0 Å². The van der Waals surface area contributed by atoms with Crippen molar-refractivity contribution < 1.29 is 14.3 Å². The lowest BCUT2D eigenvalue weighted by molar-refractivity contribution is -0.146. The number of urea groups is 1. The van der Waals surface area contributed by atoms with Gasteiger partial charge in [0.2, 0.25) is 5.91 Å². The topological polar surface area (TPSA) is 70.7 Å². The molecular formula is C23H33N3O3. The molecule has 1 spiro atoms. The van der Waals surface area contributed by atoms with E-state index in [9.17, 15) is 9.59 Å². The molecule has 0 unspecified atom stereocenters. The molecule has 3 amide bonds. The summed E-state index contributed by atoms with van der Waals surface area (Å²) in [5.41, 5.74) is 1.75. The molecule has 3 fully saturated rings. The van der Waals surface area contributed by atoms with E-state index in [1.807, 2.05) is 29.2 Å². The van der Waals surface area contributed by atoms with Gasteiger partial charge in [-0.3, -0.25) is 4.79 Å². The van der Waals surface area contributed by atoms with Crippen LogP contribution in [0.3, 0.4) is 0 Å². The highest BCUT2D eigenvalue weighted by Gasteiger charge is 2.49. The summed E-state index contributed by atoms with van der Waals surface area (Å²) in [4.78, 5) is 27.1. The zero-order chi connectivity index (χ0) is 20.4. The van der Waals surface area contributed by atoms with E-state index in [1.54, 1.807) is 0 Å². The zero-order valence-corrected chi connectivity index (χ0v) is 17.6. The van der Waals surface area contributed by atoms with Crippen LogP contribution in [0.15, 0.2) is 24.3 Å². The third-order valence-electron chi connectivity index (χ3n) is 6.89. The largest absolute Gasteiger partial charge is 0.362 e. The highest BCUT2D eigenvalue weighted by Crippen LogP contribution is 2.42. The van der Waals surface area contributed by atoms with Crippen LogP contribution in [0.4, 0.5) is 10.5 Å². The van der Waals surface area contributed by atoms with Gasteiger partial charge in [-0.05, 0) is 56.1 Å². The van der Waals surface area contributed by atoms with Gasteiger partial charge in [-0.15, -0.1) is 0 Å². The van der Waals surface area contributed by atoms with Gasteiger partial charge in [0.1, 0.15) is 6.10 Å². The van der Waals surface area contributed by atoms with E-state index in [1.165, 1.54) is 12.8 Å². The fraction of sp³-hybridized carbons (Fsp3) is 0.652. The standard InChI is InChI=1S/C23H33N3O3/c1-3-18-6-4-5-7-19(18)25-22(28)26-13-12-23(16(2)15-26)11-10-20(29-23)21(27)24-14-17-8-9-17/h4-7,16-17,20H,3,8-15H2,1-2H3,(H,24,27)(H,25,28)/t16-,20-,23-/m1/s1. The second kappa shape index (κ2) is 8.34. The molecule has 0 radical (unpaired) electrons. The summed E-state index contributed by atoms with van der Waals surface area (Å²) in [6.07, 6.45) is 5.45. The number of nitrogens with one attached hydrogen (secondary N) is 2. The summed E-state index contributed by atoms with van der Waals surface area (Å²) >= 11 is 0. The Labute approximate surface area is 173 Å². The van der Waals surface area contributed by atoms with Crippen LogP contribution in [-0.2, 0) is 16.0 Å². The first-order chi connectivity index (χ1) is 14.0. The fourth-order valence-corrected chi connectivity index (χ4v) is 4.68. The van der Waals surface area contributed by atoms with Crippen molar-refractivity contribution in [3.05, 3.63) is 29.8 Å². The average molecular weight is 400 g/mol. The quantitative estimate of drug-likeness (QED) is 0.795. The molecule has 6 nitrogen and oxygen atoms in total. The molecule has 1 aromatic carbocycles. The number of rotatable bonds is 5. The number of hydrogen-bond acceptors (Lipinski definition) is 3. The van der Waals surface area contributed by atoms with Crippen molar-refractivity contribution in [1.29, 1.82) is 0 Å². The molecule has 1 saturated carbocycles. The van der Waals surface area contributed by atoms with Crippen molar-refractivity contribution in [2.45, 2.75) is 64.1 Å². The number of nitrogens with zero attached hydrogens (tertiary/aromatic N) is 1. The Bertz CT molecular complexity index is 763. The lowest BCUT2D eigenvalue weighted by Gasteiger charge is -2.44. The third-order valence-corrected chi connectivity index (χ3v) is 6.89. The third kappa shape index (κ3) is 4.42. The fourth-order valence-electron chi connectivity index (χ4n) is 4.68. The monoisotopic (exact) mass is 399 g/mol. The molecule has 2 heterocycles. The molecular weight excluding hydrogens is 366 g/mol. The van der Waals surface area contributed by atoms with E-state index < -0.39 is 0 Å². The van der Waals surface area contributed by atoms with Crippen LogP contribution >= 0.6 is 0 Å². The number of amides is 3. The van der Waals surface area contributed by atoms with E-state index in [4.69, 9.17) is 4.74 Å². The Hall–Kier alpha value is -2.08. The van der Waals surface area contributed by atoms with E-state index in [0.29, 0.717) is 19.0 Å². The number of piperidine rings is 1. The number of carbonyl (C=O) groups excluding carboxylic acids is 2. The minimum absolute atomic E-state index is 0.0392. The summed E-state index contributed by atoms with van der Waals surface area (Å²) in [5, 5.41) is 6.12. The Balaban J connectivity index is 1.32.